The maximum atomic E-state index is 5.66. The Morgan fingerprint density at radius 2 is 1.93 bits per heavy atom. The van der Waals surface area contributed by atoms with Crippen molar-refractivity contribution in [2.75, 3.05) is 56.3 Å². The summed E-state index contributed by atoms with van der Waals surface area (Å²) in [5.41, 5.74) is 2.61. The molecule has 1 saturated carbocycles. The molecule has 7 heteroatoms. The van der Waals surface area contributed by atoms with E-state index < -0.39 is 0 Å². The lowest BCUT2D eigenvalue weighted by molar-refractivity contribution is 0.123. The highest BCUT2D eigenvalue weighted by Gasteiger charge is 2.20. The van der Waals surface area contributed by atoms with E-state index in [1.165, 1.54) is 35.6 Å². The average molecular weight is 504 g/mol. The lowest BCUT2D eigenvalue weighted by Crippen LogP contribution is -2.37. The number of rotatable bonds is 9. The van der Waals surface area contributed by atoms with E-state index in [0.717, 1.165) is 57.7 Å². The van der Waals surface area contributed by atoms with Gasteiger partial charge in [-0.25, -0.2) is 0 Å². The molecular formula is C20H33IN4OS. The van der Waals surface area contributed by atoms with E-state index in [2.05, 4.69) is 44.8 Å². The molecule has 0 spiro atoms. The zero-order chi connectivity index (χ0) is 18.0. The second kappa shape index (κ2) is 12.7. The van der Waals surface area contributed by atoms with Gasteiger partial charge in [0, 0.05) is 63.6 Å². The van der Waals surface area contributed by atoms with E-state index in [4.69, 9.17) is 4.74 Å². The third kappa shape index (κ3) is 8.48. The minimum atomic E-state index is 0. The highest BCUT2D eigenvalue weighted by Crippen LogP contribution is 2.28. The van der Waals surface area contributed by atoms with Crippen LogP contribution in [0.1, 0.15) is 24.8 Å². The zero-order valence-electron chi connectivity index (χ0n) is 16.3. The Morgan fingerprint density at radius 3 is 2.59 bits per heavy atom. The summed E-state index contributed by atoms with van der Waals surface area (Å²) in [5.74, 6) is 4.16. The number of guanidine groups is 1. The molecule has 0 aromatic heterocycles. The van der Waals surface area contributed by atoms with Crippen LogP contribution in [0.15, 0.2) is 29.3 Å². The third-order valence-corrected chi connectivity index (χ3v) is 5.75. The Bertz CT molecular complexity index is 560. The Labute approximate surface area is 185 Å². The van der Waals surface area contributed by atoms with Gasteiger partial charge in [0.25, 0.3) is 0 Å². The third-order valence-electron chi connectivity index (χ3n) is 4.80. The number of aliphatic imine (C=N–C) groups is 1. The van der Waals surface area contributed by atoms with Crippen LogP contribution >= 0.6 is 35.7 Å². The van der Waals surface area contributed by atoms with Crippen molar-refractivity contribution in [2.24, 2.45) is 10.9 Å². The van der Waals surface area contributed by atoms with Gasteiger partial charge in [-0.1, -0.05) is 12.1 Å². The normalized spacial score (nSPS) is 17.4. The molecule has 2 N–H and O–H groups in total. The van der Waals surface area contributed by atoms with Crippen LogP contribution in [0.3, 0.4) is 0 Å². The van der Waals surface area contributed by atoms with Crippen LogP contribution in [0.2, 0.25) is 0 Å². The molecule has 2 aliphatic rings. The van der Waals surface area contributed by atoms with Gasteiger partial charge in [-0.15, -0.1) is 24.0 Å². The van der Waals surface area contributed by atoms with Crippen LogP contribution in [0.4, 0.5) is 5.69 Å². The first-order valence-corrected chi connectivity index (χ1v) is 10.9. The van der Waals surface area contributed by atoms with Crippen LogP contribution in [-0.2, 0) is 11.3 Å². The minimum Gasteiger partial charge on any atom is -0.381 e. The van der Waals surface area contributed by atoms with Gasteiger partial charge in [0.2, 0.25) is 0 Å². The Morgan fingerprint density at radius 1 is 1.19 bits per heavy atom. The summed E-state index contributed by atoms with van der Waals surface area (Å²) in [6, 6.07) is 8.90. The molecule has 1 aliphatic carbocycles. The molecule has 5 nitrogen and oxygen atoms in total. The number of hydrogen-bond acceptors (Lipinski definition) is 4. The van der Waals surface area contributed by atoms with Gasteiger partial charge in [-0.05, 0) is 42.9 Å². The Kier molecular flexibility index (Phi) is 10.7. The predicted molar refractivity (Wildman–Crippen MR) is 128 cm³/mol. The summed E-state index contributed by atoms with van der Waals surface area (Å²) >= 11 is 2.05. The van der Waals surface area contributed by atoms with Crippen molar-refractivity contribution >= 4 is 47.4 Å². The summed E-state index contributed by atoms with van der Waals surface area (Å²) in [4.78, 5) is 6.76. The van der Waals surface area contributed by atoms with Gasteiger partial charge in [-0.2, -0.15) is 11.8 Å². The molecule has 1 aromatic rings. The van der Waals surface area contributed by atoms with Crippen LogP contribution in [0, 0.1) is 5.92 Å². The summed E-state index contributed by atoms with van der Waals surface area (Å²) < 4.78 is 5.66. The number of nitrogens with zero attached hydrogens (tertiary/aromatic N) is 2. The molecule has 0 amide bonds. The largest absolute Gasteiger partial charge is 0.381 e. The molecule has 3 rings (SSSR count). The number of hydrogen-bond donors (Lipinski definition) is 2. The van der Waals surface area contributed by atoms with Gasteiger partial charge >= 0.3 is 0 Å². The SMILES string of the molecule is CN=C(NCCCOCC1CC1)NCc1ccc(N2CCSCC2)cc1.I. The second-order valence-electron chi connectivity index (χ2n) is 6.99. The molecular weight excluding hydrogens is 471 g/mol. The highest BCUT2D eigenvalue weighted by molar-refractivity contribution is 14.0. The van der Waals surface area contributed by atoms with E-state index in [1.807, 2.05) is 18.8 Å². The average Bonchev–Trinajstić information content (AvgIpc) is 3.52. The first-order chi connectivity index (χ1) is 12.8. The number of nitrogens with one attached hydrogen (secondary N) is 2. The van der Waals surface area contributed by atoms with Crippen molar-refractivity contribution in [2.45, 2.75) is 25.8 Å². The number of anilines is 1. The lowest BCUT2D eigenvalue weighted by atomic mass is 10.2. The lowest BCUT2D eigenvalue weighted by Gasteiger charge is -2.28. The molecule has 27 heavy (non-hydrogen) atoms. The van der Waals surface area contributed by atoms with E-state index in [0.29, 0.717) is 0 Å². The fraction of sp³-hybridized carbons (Fsp3) is 0.650. The standard InChI is InChI=1S/C20H32N4OS.HI/c1-21-20(22-9-2-12-25-16-18-3-4-18)23-15-17-5-7-19(8-6-17)24-10-13-26-14-11-24;/h5-8,18H,2-4,9-16H2,1H3,(H2,21,22,23);1H. The maximum Gasteiger partial charge on any atom is 0.191 e. The number of benzene rings is 1. The first-order valence-electron chi connectivity index (χ1n) is 9.79. The van der Waals surface area contributed by atoms with Crippen LogP contribution in [0.25, 0.3) is 0 Å². The van der Waals surface area contributed by atoms with Crippen molar-refractivity contribution in [1.82, 2.24) is 10.6 Å². The van der Waals surface area contributed by atoms with Crippen molar-refractivity contribution in [3.05, 3.63) is 29.8 Å². The monoisotopic (exact) mass is 504 g/mol. The van der Waals surface area contributed by atoms with Crippen molar-refractivity contribution in [3.63, 3.8) is 0 Å². The minimum absolute atomic E-state index is 0. The van der Waals surface area contributed by atoms with Gasteiger partial charge in [0.1, 0.15) is 0 Å². The quantitative estimate of drug-likeness (QED) is 0.234. The summed E-state index contributed by atoms with van der Waals surface area (Å²) in [6.45, 7) is 5.76. The molecule has 1 heterocycles. The summed E-state index contributed by atoms with van der Waals surface area (Å²) in [5, 5.41) is 6.74. The molecule has 0 atom stereocenters. The van der Waals surface area contributed by atoms with Gasteiger partial charge in [0.15, 0.2) is 5.96 Å². The van der Waals surface area contributed by atoms with Gasteiger partial charge in [0.05, 0.1) is 0 Å². The number of halogens is 1. The highest BCUT2D eigenvalue weighted by atomic mass is 127. The predicted octanol–water partition coefficient (Wildman–Crippen LogP) is 3.34. The van der Waals surface area contributed by atoms with Crippen LogP contribution in [0.5, 0.6) is 0 Å². The molecule has 1 aromatic carbocycles. The molecule has 1 saturated heterocycles. The summed E-state index contributed by atoms with van der Waals surface area (Å²) in [6.07, 6.45) is 3.72. The first kappa shape index (κ1) is 22.6. The van der Waals surface area contributed by atoms with Crippen LogP contribution < -0.4 is 15.5 Å². The van der Waals surface area contributed by atoms with E-state index in [9.17, 15) is 0 Å². The van der Waals surface area contributed by atoms with E-state index in [1.54, 1.807) is 0 Å². The zero-order valence-corrected chi connectivity index (χ0v) is 19.4. The van der Waals surface area contributed by atoms with Crippen molar-refractivity contribution in [1.29, 1.82) is 0 Å². The second-order valence-corrected chi connectivity index (χ2v) is 8.22. The maximum absolute atomic E-state index is 5.66. The van der Waals surface area contributed by atoms with Gasteiger partial charge < -0.3 is 20.3 Å². The molecule has 0 radical (unpaired) electrons. The number of thioether (sulfide) groups is 1. The smallest absolute Gasteiger partial charge is 0.191 e. The van der Waals surface area contributed by atoms with Crippen molar-refractivity contribution < 1.29 is 4.74 Å². The molecule has 1 aliphatic heterocycles. The van der Waals surface area contributed by atoms with Crippen molar-refractivity contribution in [3.8, 4) is 0 Å². The topological polar surface area (TPSA) is 48.9 Å². The summed E-state index contributed by atoms with van der Waals surface area (Å²) in [7, 11) is 1.82. The van der Waals surface area contributed by atoms with E-state index >= 15 is 0 Å². The molecule has 0 unspecified atom stereocenters. The fourth-order valence-corrected chi connectivity index (χ4v) is 3.87. The number of ether oxygens (including phenoxy) is 1. The van der Waals surface area contributed by atoms with E-state index in [-0.39, 0.29) is 24.0 Å². The molecule has 2 fully saturated rings. The van der Waals surface area contributed by atoms with Crippen LogP contribution in [-0.4, -0.2) is 57.4 Å². The fourth-order valence-electron chi connectivity index (χ4n) is 2.97. The molecule has 0 bridgehead atoms. The Balaban J connectivity index is 0.00000261. The Hall–Kier alpha value is -0.670. The molecule has 152 valence electrons. The van der Waals surface area contributed by atoms with Gasteiger partial charge in [-0.3, -0.25) is 4.99 Å².